The van der Waals surface area contributed by atoms with Crippen LogP contribution in [0, 0.1) is 0 Å². The number of halogens is 2. The molecule has 1 saturated heterocycles. The molecule has 0 aromatic heterocycles. The van der Waals surface area contributed by atoms with Gasteiger partial charge in [-0.25, -0.2) is 0 Å². The summed E-state index contributed by atoms with van der Waals surface area (Å²) in [5.41, 5.74) is 2.02. The lowest BCUT2D eigenvalue weighted by molar-refractivity contribution is -0.125. The van der Waals surface area contributed by atoms with Crippen molar-refractivity contribution in [1.82, 2.24) is 4.90 Å². The van der Waals surface area contributed by atoms with Crippen molar-refractivity contribution in [2.75, 3.05) is 18.8 Å². The Hall–Kier alpha value is -1.42. The highest BCUT2D eigenvalue weighted by Gasteiger charge is 2.22. The first kappa shape index (κ1) is 18.4. The number of hydrogen-bond donors (Lipinski definition) is 0. The second-order valence-corrected chi connectivity index (χ2v) is 7.97. The minimum absolute atomic E-state index is 0.0281. The van der Waals surface area contributed by atoms with E-state index >= 15 is 0 Å². The van der Waals surface area contributed by atoms with Gasteiger partial charge in [-0.2, -0.15) is 11.8 Å². The van der Waals surface area contributed by atoms with Crippen LogP contribution in [0.25, 0.3) is 6.08 Å². The minimum atomic E-state index is 0.0281. The predicted octanol–water partition coefficient (Wildman–Crippen LogP) is 5.71. The molecule has 130 valence electrons. The molecule has 2 aromatic rings. The minimum Gasteiger partial charge on any atom is -0.338 e. The van der Waals surface area contributed by atoms with Gasteiger partial charge in [-0.05, 0) is 35.8 Å². The first-order valence-electron chi connectivity index (χ1n) is 8.22. The third-order valence-corrected chi connectivity index (χ3v) is 6.21. The average Bonchev–Trinajstić information content (AvgIpc) is 2.87. The molecule has 0 spiro atoms. The lowest BCUT2D eigenvalue weighted by Gasteiger charge is -2.19. The smallest absolute Gasteiger partial charge is 0.246 e. The number of thioether (sulfide) groups is 1. The second kappa shape index (κ2) is 8.79. The van der Waals surface area contributed by atoms with Gasteiger partial charge >= 0.3 is 0 Å². The Balaban J connectivity index is 1.64. The summed E-state index contributed by atoms with van der Waals surface area (Å²) in [4.78, 5) is 14.4. The monoisotopic (exact) mass is 391 g/mol. The first-order chi connectivity index (χ1) is 12.1. The Bertz CT molecular complexity index is 778. The Morgan fingerprint density at radius 3 is 2.52 bits per heavy atom. The topological polar surface area (TPSA) is 20.3 Å². The van der Waals surface area contributed by atoms with Crippen molar-refractivity contribution in [1.29, 1.82) is 0 Å². The van der Waals surface area contributed by atoms with Gasteiger partial charge in [-0.3, -0.25) is 4.79 Å². The van der Waals surface area contributed by atoms with Gasteiger partial charge in [-0.1, -0.05) is 59.6 Å². The normalized spacial score (nSPS) is 18.3. The highest BCUT2D eigenvalue weighted by atomic mass is 35.5. The summed E-state index contributed by atoms with van der Waals surface area (Å²) >= 11 is 14.3. The molecule has 1 aliphatic heterocycles. The summed E-state index contributed by atoms with van der Waals surface area (Å²) in [7, 11) is 0. The van der Waals surface area contributed by atoms with Crippen molar-refractivity contribution in [2.45, 2.75) is 11.7 Å². The standard InChI is InChI=1S/C20H19Cl2NOS/c21-17-7-3-1-5-15(17)9-10-20(24)23-12-11-19(25-14-13-23)16-6-2-4-8-18(16)22/h1-10,19H,11-14H2/b10-9+. The van der Waals surface area contributed by atoms with Crippen molar-refractivity contribution < 1.29 is 4.79 Å². The van der Waals surface area contributed by atoms with Gasteiger partial charge in [0.1, 0.15) is 0 Å². The van der Waals surface area contributed by atoms with E-state index in [2.05, 4.69) is 6.07 Å². The van der Waals surface area contributed by atoms with Gasteiger partial charge < -0.3 is 4.90 Å². The number of carbonyl (C=O) groups excluding carboxylic acids is 1. The molecule has 3 rings (SSSR count). The van der Waals surface area contributed by atoms with Gasteiger partial charge in [0.05, 0.1) is 0 Å². The highest BCUT2D eigenvalue weighted by Crippen LogP contribution is 2.37. The fourth-order valence-electron chi connectivity index (χ4n) is 2.85. The first-order valence-corrected chi connectivity index (χ1v) is 10.0. The van der Waals surface area contributed by atoms with Crippen LogP contribution >= 0.6 is 35.0 Å². The van der Waals surface area contributed by atoms with Gasteiger partial charge in [0.2, 0.25) is 5.91 Å². The third kappa shape index (κ3) is 4.81. The van der Waals surface area contributed by atoms with E-state index < -0.39 is 0 Å². The summed E-state index contributed by atoms with van der Waals surface area (Å²) in [6.45, 7) is 1.48. The molecule has 0 saturated carbocycles. The van der Waals surface area contributed by atoms with Crippen LogP contribution in [0.4, 0.5) is 0 Å². The van der Waals surface area contributed by atoms with Crippen LogP contribution in [0.2, 0.25) is 10.0 Å². The SMILES string of the molecule is O=C(/C=C/c1ccccc1Cl)N1CCSC(c2ccccc2Cl)CC1. The molecule has 1 atom stereocenters. The van der Waals surface area contributed by atoms with E-state index in [1.54, 1.807) is 12.2 Å². The average molecular weight is 392 g/mol. The van der Waals surface area contributed by atoms with E-state index in [-0.39, 0.29) is 5.91 Å². The van der Waals surface area contributed by atoms with Crippen LogP contribution in [0.1, 0.15) is 22.8 Å². The second-order valence-electron chi connectivity index (χ2n) is 5.85. The van der Waals surface area contributed by atoms with E-state index in [4.69, 9.17) is 23.2 Å². The van der Waals surface area contributed by atoms with Crippen LogP contribution in [0.5, 0.6) is 0 Å². The predicted molar refractivity (Wildman–Crippen MR) is 108 cm³/mol. The highest BCUT2D eigenvalue weighted by molar-refractivity contribution is 7.99. The Morgan fingerprint density at radius 1 is 1.04 bits per heavy atom. The number of benzene rings is 2. The molecule has 1 amide bonds. The molecule has 0 radical (unpaired) electrons. The zero-order valence-electron chi connectivity index (χ0n) is 13.7. The van der Waals surface area contributed by atoms with E-state index in [0.717, 1.165) is 41.4 Å². The molecule has 25 heavy (non-hydrogen) atoms. The molecule has 2 nitrogen and oxygen atoms in total. The zero-order valence-corrected chi connectivity index (χ0v) is 16.0. The summed E-state index contributed by atoms with van der Waals surface area (Å²) in [5, 5.41) is 1.79. The molecule has 0 N–H and O–H groups in total. The van der Waals surface area contributed by atoms with Crippen molar-refractivity contribution in [3.05, 3.63) is 75.8 Å². The molecule has 1 unspecified atom stereocenters. The number of rotatable bonds is 3. The van der Waals surface area contributed by atoms with Crippen LogP contribution in [-0.2, 0) is 4.79 Å². The van der Waals surface area contributed by atoms with Crippen LogP contribution < -0.4 is 0 Å². The van der Waals surface area contributed by atoms with Gasteiger partial charge in [-0.15, -0.1) is 0 Å². The van der Waals surface area contributed by atoms with Crippen molar-refractivity contribution in [2.24, 2.45) is 0 Å². The van der Waals surface area contributed by atoms with E-state index in [1.165, 1.54) is 0 Å². The lowest BCUT2D eigenvalue weighted by atomic mass is 10.1. The number of carbonyl (C=O) groups is 1. The van der Waals surface area contributed by atoms with Crippen LogP contribution in [-0.4, -0.2) is 29.6 Å². The number of hydrogen-bond acceptors (Lipinski definition) is 2. The summed E-state index contributed by atoms with van der Waals surface area (Å²) in [6.07, 6.45) is 4.30. The van der Waals surface area contributed by atoms with Crippen LogP contribution in [0.3, 0.4) is 0 Å². The van der Waals surface area contributed by atoms with E-state index in [0.29, 0.717) is 10.3 Å². The molecule has 5 heteroatoms. The summed E-state index contributed by atoms with van der Waals surface area (Å²) in [5.74, 6) is 0.932. The maximum atomic E-state index is 12.5. The van der Waals surface area contributed by atoms with Gasteiger partial charge in [0.25, 0.3) is 0 Å². The third-order valence-electron chi connectivity index (χ3n) is 4.22. The Kier molecular flexibility index (Phi) is 6.46. The molecule has 1 aliphatic rings. The van der Waals surface area contributed by atoms with E-state index in [1.807, 2.05) is 59.1 Å². The Morgan fingerprint density at radius 2 is 1.76 bits per heavy atom. The van der Waals surface area contributed by atoms with Crippen molar-refractivity contribution >= 4 is 46.9 Å². The van der Waals surface area contributed by atoms with Crippen LogP contribution in [0.15, 0.2) is 54.6 Å². The van der Waals surface area contributed by atoms with Gasteiger partial charge in [0, 0.05) is 40.2 Å². The fourth-order valence-corrected chi connectivity index (χ4v) is 4.65. The molecule has 1 fully saturated rings. The lowest BCUT2D eigenvalue weighted by Crippen LogP contribution is -2.31. The summed E-state index contributed by atoms with van der Waals surface area (Å²) in [6, 6.07) is 15.5. The van der Waals surface area contributed by atoms with Crippen molar-refractivity contribution in [3.63, 3.8) is 0 Å². The molecule has 0 bridgehead atoms. The van der Waals surface area contributed by atoms with Crippen molar-refractivity contribution in [3.8, 4) is 0 Å². The molecule has 2 aromatic carbocycles. The van der Waals surface area contributed by atoms with Gasteiger partial charge in [0.15, 0.2) is 0 Å². The Labute approximate surface area is 162 Å². The molecular formula is C20H19Cl2NOS. The molecule has 1 heterocycles. The maximum absolute atomic E-state index is 12.5. The number of amides is 1. The quantitative estimate of drug-likeness (QED) is 0.624. The largest absolute Gasteiger partial charge is 0.338 e. The molecular weight excluding hydrogens is 373 g/mol. The summed E-state index contributed by atoms with van der Waals surface area (Å²) < 4.78 is 0. The fraction of sp³-hybridized carbons (Fsp3) is 0.250. The molecule has 0 aliphatic carbocycles. The zero-order chi connectivity index (χ0) is 17.6. The number of nitrogens with zero attached hydrogens (tertiary/aromatic N) is 1. The van der Waals surface area contributed by atoms with E-state index in [9.17, 15) is 4.79 Å². The maximum Gasteiger partial charge on any atom is 0.246 e.